The summed E-state index contributed by atoms with van der Waals surface area (Å²) in [6, 6.07) is 16.6. The fourth-order valence-corrected chi connectivity index (χ4v) is 1.47. The van der Waals surface area contributed by atoms with E-state index in [0.717, 1.165) is 5.69 Å². The molecule has 2 rings (SSSR count). The van der Waals surface area contributed by atoms with E-state index in [2.05, 4.69) is 21.8 Å². The number of anilines is 1. The number of nitriles is 1. The Morgan fingerprint density at radius 1 is 1.16 bits per heavy atom. The summed E-state index contributed by atoms with van der Waals surface area (Å²) in [6.45, 7) is 0. The minimum Gasteiger partial charge on any atom is -0.497 e. The van der Waals surface area contributed by atoms with Gasteiger partial charge in [-0.1, -0.05) is 23.4 Å². The Balaban J connectivity index is 2.13. The third kappa shape index (κ3) is 3.30. The molecule has 0 unspecified atom stereocenters. The molecule has 0 aliphatic rings. The fraction of sp³-hybridized carbons (Fsp3) is 0.0714. The monoisotopic (exact) mass is 252 g/mol. The summed E-state index contributed by atoms with van der Waals surface area (Å²) in [5.41, 5.74) is 4.53. The van der Waals surface area contributed by atoms with Crippen LogP contribution in [-0.2, 0) is 0 Å². The van der Waals surface area contributed by atoms with Crippen LogP contribution in [0.1, 0.15) is 5.56 Å². The van der Waals surface area contributed by atoms with Crippen molar-refractivity contribution in [3.63, 3.8) is 0 Å². The molecule has 0 aliphatic carbocycles. The standard InChI is InChI=1S/C14H12N4O/c1-19-13-7-8-14(11(9-13)10-15)17-18-16-12-5-3-2-4-6-12/h2-9H,1H3,(H,16,17). The highest BCUT2D eigenvalue weighted by molar-refractivity contribution is 5.55. The van der Waals surface area contributed by atoms with Gasteiger partial charge >= 0.3 is 0 Å². The third-order valence-corrected chi connectivity index (χ3v) is 2.43. The predicted octanol–water partition coefficient (Wildman–Crippen LogP) is 3.68. The van der Waals surface area contributed by atoms with E-state index >= 15 is 0 Å². The molecule has 0 atom stereocenters. The summed E-state index contributed by atoms with van der Waals surface area (Å²) < 4.78 is 5.05. The van der Waals surface area contributed by atoms with E-state index in [1.54, 1.807) is 25.3 Å². The average molecular weight is 252 g/mol. The van der Waals surface area contributed by atoms with Crippen molar-refractivity contribution in [1.29, 1.82) is 5.26 Å². The lowest BCUT2D eigenvalue weighted by molar-refractivity contribution is 0.414. The van der Waals surface area contributed by atoms with Crippen molar-refractivity contribution in [2.75, 3.05) is 12.5 Å². The fourth-order valence-electron chi connectivity index (χ4n) is 1.47. The van der Waals surface area contributed by atoms with E-state index in [4.69, 9.17) is 10.00 Å². The molecule has 0 heterocycles. The number of hydrogen-bond donors (Lipinski definition) is 1. The van der Waals surface area contributed by atoms with Gasteiger partial charge in [-0.15, -0.1) is 5.11 Å². The van der Waals surface area contributed by atoms with Crippen LogP contribution < -0.4 is 10.2 Å². The van der Waals surface area contributed by atoms with E-state index in [0.29, 0.717) is 17.0 Å². The maximum atomic E-state index is 9.03. The van der Waals surface area contributed by atoms with Gasteiger partial charge in [-0.3, -0.25) is 5.43 Å². The highest BCUT2D eigenvalue weighted by atomic mass is 16.5. The first-order chi connectivity index (χ1) is 9.33. The van der Waals surface area contributed by atoms with E-state index in [9.17, 15) is 0 Å². The maximum Gasteiger partial charge on any atom is 0.120 e. The number of benzene rings is 2. The Kier molecular flexibility index (Phi) is 4.09. The lowest BCUT2D eigenvalue weighted by atomic mass is 10.2. The molecule has 0 saturated carbocycles. The molecule has 0 bridgehead atoms. The second-order valence-electron chi connectivity index (χ2n) is 3.67. The molecule has 1 N–H and O–H groups in total. The largest absolute Gasteiger partial charge is 0.497 e. The molecule has 0 aromatic heterocycles. The van der Waals surface area contributed by atoms with Crippen molar-refractivity contribution in [2.45, 2.75) is 0 Å². The Morgan fingerprint density at radius 3 is 2.63 bits per heavy atom. The summed E-state index contributed by atoms with van der Waals surface area (Å²) in [6.07, 6.45) is 0. The highest BCUT2D eigenvalue weighted by Gasteiger charge is 2.02. The van der Waals surface area contributed by atoms with Crippen molar-refractivity contribution in [3.05, 3.63) is 54.1 Å². The second kappa shape index (κ2) is 6.17. The van der Waals surface area contributed by atoms with Crippen LogP contribution in [-0.4, -0.2) is 7.11 Å². The van der Waals surface area contributed by atoms with Crippen LogP contribution in [0.2, 0.25) is 0 Å². The van der Waals surface area contributed by atoms with E-state index in [1.165, 1.54) is 0 Å². The second-order valence-corrected chi connectivity index (χ2v) is 3.67. The Morgan fingerprint density at radius 2 is 1.95 bits per heavy atom. The molecule has 0 amide bonds. The number of methoxy groups -OCH3 is 1. The first kappa shape index (κ1) is 12.6. The molecule has 2 aromatic carbocycles. The molecule has 5 heteroatoms. The van der Waals surface area contributed by atoms with Crippen LogP contribution in [0, 0.1) is 11.3 Å². The Hall–Kier alpha value is -2.87. The van der Waals surface area contributed by atoms with Gasteiger partial charge in [-0.05, 0) is 24.3 Å². The predicted molar refractivity (Wildman–Crippen MR) is 72.3 cm³/mol. The molecule has 0 radical (unpaired) electrons. The summed E-state index contributed by atoms with van der Waals surface area (Å²) in [5, 5.41) is 16.9. The minimum atomic E-state index is 0.415. The van der Waals surface area contributed by atoms with Crippen molar-refractivity contribution < 1.29 is 4.74 Å². The molecule has 0 spiro atoms. The number of nitrogens with zero attached hydrogens (tertiary/aromatic N) is 3. The number of hydrogen-bond acceptors (Lipinski definition) is 4. The highest BCUT2D eigenvalue weighted by Crippen LogP contribution is 2.24. The van der Waals surface area contributed by atoms with Crippen LogP contribution in [0.3, 0.4) is 0 Å². The smallest absolute Gasteiger partial charge is 0.120 e. The first-order valence-electron chi connectivity index (χ1n) is 5.63. The minimum absolute atomic E-state index is 0.415. The van der Waals surface area contributed by atoms with Gasteiger partial charge in [0.1, 0.15) is 17.5 Å². The average Bonchev–Trinajstić information content (AvgIpc) is 2.48. The van der Waals surface area contributed by atoms with Crippen LogP contribution in [0.15, 0.2) is 58.9 Å². The summed E-state index contributed by atoms with van der Waals surface area (Å²) in [5.74, 6) is 0.617. The van der Waals surface area contributed by atoms with Crippen LogP contribution in [0.5, 0.6) is 5.75 Å². The lowest BCUT2D eigenvalue weighted by Gasteiger charge is -2.01. The summed E-state index contributed by atoms with van der Waals surface area (Å²) >= 11 is 0. The van der Waals surface area contributed by atoms with Gasteiger partial charge in [-0.2, -0.15) is 5.26 Å². The molecule has 94 valence electrons. The number of ether oxygens (including phenoxy) is 1. The third-order valence-electron chi connectivity index (χ3n) is 2.43. The van der Waals surface area contributed by atoms with Gasteiger partial charge in [0, 0.05) is 6.07 Å². The van der Waals surface area contributed by atoms with Crippen LogP contribution >= 0.6 is 0 Å². The van der Waals surface area contributed by atoms with E-state index in [1.807, 2.05) is 30.3 Å². The zero-order valence-electron chi connectivity index (χ0n) is 10.4. The van der Waals surface area contributed by atoms with Gasteiger partial charge in [0.05, 0.1) is 18.4 Å². The maximum absolute atomic E-state index is 9.03. The molecule has 2 aromatic rings. The van der Waals surface area contributed by atoms with Gasteiger partial charge in [0.25, 0.3) is 0 Å². The van der Waals surface area contributed by atoms with Crippen molar-refractivity contribution in [1.82, 2.24) is 0 Å². The van der Waals surface area contributed by atoms with Gasteiger partial charge in [0.2, 0.25) is 0 Å². The SMILES string of the molecule is COc1ccc(N=NNc2ccccc2)c(C#N)c1. The molecule has 0 saturated heterocycles. The summed E-state index contributed by atoms with van der Waals surface area (Å²) in [7, 11) is 1.55. The van der Waals surface area contributed by atoms with Gasteiger partial charge in [0.15, 0.2) is 0 Å². The van der Waals surface area contributed by atoms with E-state index in [-0.39, 0.29) is 0 Å². The molecule has 5 nitrogen and oxygen atoms in total. The van der Waals surface area contributed by atoms with Crippen molar-refractivity contribution >= 4 is 11.4 Å². The lowest BCUT2D eigenvalue weighted by Crippen LogP contribution is -1.86. The topological polar surface area (TPSA) is 69.8 Å². The summed E-state index contributed by atoms with van der Waals surface area (Å²) in [4.78, 5) is 0. The quantitative estimate of drug-likeness (QED) is 0.666. The molecule has 0 aliphatic heterocycles. The number of para-hydroxylation sites is 1. The normalized spacial score (nSPS) is 10.1. The zero-order chi connectivity index (χ0) is 13.5. The van der Waals surface area contributed by atoms with Gasteiger partial charge < -0.3 is 4.74 Å². The molecule has 0 fully saturated rings. The first-order valence-corrected chi connectivity index (χ1v) is 5.63. The van der Waals surface area contributed by atoms with Crippen LogP contribution in [0.25, 0.3) is 0 Å². The van der Waals surface area contributed by atoms with Crippen molar-refractivity contribution in [2.24, 2.45) is 10.3 Å². The zero-order valence-corrected chi connectivity index (χ0v) is 10.4. The Bertz CT molecular complexity index is 617. The van der Waals surface area contributed by atoms with Crippen LogP contribution in [0.4, 0.5) is 11.4 Å². The van der Waals surface area contributed by atoms with Crippen molar-refractivity contribution in [3.8, 4) is 11.8 Å². The molecule has 19 heavy (non-hydrogen) atoms. The van der Waals surface area contributed by atoms with Gasteiger partial charge in [-0.25, -0.2) is 0 Å². The number of nitrogens with one attached hydrogen (secondary N) is 1. The molecular weight excluding hydrogens is 240 g/mol. The Labute approximate surface area is 111 Å². The van der Waals surface area contributed by atoms with E-state index < -0.39 is 0 Å². The number of rotatable bonds is 4. The molecular formula is C14H12N4O.